The van der Waals surface area contributed by atoms with Crippen LogP contribution in [0.5, 0.6) is 5.75 Å². The van der Waals surface area contributed by atoms with Gasteiger partial charge < -0.3 is 4.52 Å². The van der Waals surface area contributed by atoms with Gasteiger partial charge in [-0.1, -0.05) is 32.0 Å². The summed E-state index contributed by atoms with van der Waals surface area (Å²) in [7, 11) is 0.602. The Kier molecular flexibility index (Phi) is 4.85. The van der Waals surface area contributed by atoms with Crippen molar-refractivity contribution in [1.29, 1.82) is 0 Å². The highest BCUT2D eigenvalue weighted by molar-refractivity contribution is 7.32. The van der Waals surface area contributed by atoms with Gasteiger partial charge in [-0.2, -0.15) is 0 Å². The van der Waals surface area contributed by atoms with E-state index in [1.165, 1.54) is 12.6 Å². The normalized spacial score (nSPS) is 11.3. The third-order valence-corrected chi connectivity index (χ3v) is 2.63. The first-order chi connectivity index (χ1) is 6.29. The highest BCUT2D eigenvalue weighted by Gasteiger charge is 1.95. The van der Waals surface area contributed by atoms with E-state index >= 15 is 0 Å². The Morgan fingerprint density at radius 3 is 2.54 bits per heavy atom. The fourth-order valence-electron chi connectivity index (χ4n) is 0.971. The molecule has 2 heteroatoms. The molecule has 1 rings (SSSR count). The standard InChI is InChI=1S/C11H17OP/c1-10(2)8-9-13-12-11-6-4-3-5-7-11/h3-7,10,13H,8-9H2,1-2H3. The Morgan fingerprint density at radius 1 is 1.23 bits per heavy atom. The summed E-state index contributed by atoms with van der Waals surface area (Å²) in [4.78, 5) is 0. The van der Waals surface area contributed by atoms with Gasteiger partial charge in [0.1, 0.15) is 5.75 Å². The van der Waals surface area contributed by atoms with Crippen molar-refractivity contribution in [3.63, 3.8) is 0 Å². The van der Waals surface area contributed by atoms with Crippen molar-refractivity contribution in [2.45, 2.75) is 20.3 Å². The van der Waals surface area contributed by atoms with E-state index in [2.05, 4.69) is 13.8 Å². The van der Waals surface area contributed by atoms with Crippen LogP contribution in [0, 0.1) is 5.92 Å². The maximum atomic E-state index is 5.58. The molecular weight excluding hydrogens is 179 g/mol. The van der Waals surface area contributed by atoms with Gasteiger partial charge in [-0.25, -0.2) is 0 Å². The molecule has 0 radical (unpaired) electrons. The van der Waals surface area contributed by atoms with E-state index in [0.29, 0.717) is 8.81 Å². The first-order valence-electron chi connectivity index (χ1n) is 4.74. The fraction of sp³-hybridized carbons (Fsp3) is 0.455. The molecule has 13 heavy (non-hydrogen) atoms. The summed E-state index contributed by atoms with van der Waals surface area (Å²) in [6.45, 7) is 4.49. The average molecular weight is 196 g/mol. The van der Waals surface area contributed by atoms with E-state index in [1.807, 2.05) is 30.3 Å². The van der Waals surface area contributed by atoms with Gasteiger partial charge in [0.05, 0.1) is 8.81 Å². The summed E-state index contributed by atoms with van der Waals surface area (Å²) in [5.41, 5.74) is 0. The maximum absolute atomic E-state index is 5.58. The molecule has 0 heterocycles. The van der Waals surface area contributed by atoms with Crippen molar-refractivity contribution in [1.82, 2.24) is 0 Å². The molecule has 1 unspecified atom stereocenters. The Bertz CT molecular complexity index is 221. The number of hydrogen-bond acceptors (Lipinski definition) is 1. The Balaban J connectivity index is 2.13. The lowest BCUT2D eigenvalue weighted by molar-refractivity contribution is 0.597. The average Bonchev–Trinajstić information content (AvgIpc) is 2.14. The van der Waals surface area contributed by atoms with Crippen molar-refractivity contribution in [3.05, 3.63) is 30.3 Å². The van der Waals surface area contributed by atoms with Crippen LogP contribution in [0.15, 0.2) is 30.3 Å². The van der Waals surface area contributed by atoms with Crippen molar-refractivity contribution in [2.24, 2.45) is 5.92 Å². The fourth-order valence-corrected chi connectivity index (χ4v) is 2.07. The van der Waals surface area contributed by atoms with Crippen molar-refractivity contribution in [3.8, 4) is 5.75 Å². The monoisotopic (exact) mass is 196 g/mol. The summed E-state index contributed by atoms with van der Waals surface area (Å²) < 4.78 is 5.58. The van der Waals surface area contributed by atoms with Gasteiger partial charge in [-0.05, 0) is 24.5 Å². The zero-order valence-electron chi connectivity index (χ0n) is 8.29. The van der Waals surface area contributed by atoms with Crippen molar-refractivity contribution < 1.29 is 4.52 Å². The molecule has 0 saturated heterocycles. The Hall–Kier alpha value is -0.550. The second-order valence-electron chi connectivity index (χ2n) is 3.49. The van der Waals surface area contributed by atoms with Crippen molar-refractivity contribution >= 4 is 8.81 Å². The molecule has 0 spiro atoms. The number of hydrogen-bond donors (Lipinski definition) is 0. The molecule has 72 valence electrons. The van der Waals surface area contributed by atoms with Gasteiger partial charge in [0.25, 0.3) is 0 Å². The summed E-state index contributed by atoms with van der Waals surface area (Å²) in [5, 5.41) is 0. The molecule has 0 aliphatic carbocycles. The van der Waals surface area contributed by atoms with Crippen LogP contribution in [0.4, 0.5) is 0 Å². The van der Waals surface area contributed by atoms with Crippen LogP contribution in [0.3, 0.4) is 0 Å². The molecule has 1 aromatic rings. The van der Waals surface area contributed by atoms with Gasteiger partial charge in [0, 0.05) is 6.16 Å². The van der Waals surface area contributed by atoms with E-state index in [9.17, 15) is 0 Å². The van der Waals surface area contributed by atoms with E-state index in [1.54, 1.807) is 0 Å². The minimum Gasteiger partial charge on any atom is -0.477 e. The summed E-state index contributed by atoms with van der Waals surface area (Å²) in [6.07, 6.45) is 2.43. The Labute approximate surface area is 82.4 Å². The molecule has 0 fully saturated rings. The number of para-hydroxylation sites is 1. The molecule has 1 nitrogen and oxygen atoms in total. The molecule has 1 aromatic carbocycles. The molecule has 0 aromatic heterocycles. The van der Waals surface area contributed by atoms with Gasteiger partial charge >= 0.3 is 0 Å². The smallest absolute Gasteiger partial charge is 0.122 e. The molecule has 0 amide bonds. The van der Waals surface area contributed by atoms with Crippen molar-refractivity contribution in [2.75, 3.05) is 6.16 Å². The summed E-state index contributed by atoms with van der Waals surface area (Å²) in [6, 6.07) is 10.0. The van der Waals surface area contributed by atoms with Crippen LogP contribution < -0.4 is 4.52 Å². The quantitative estimate of drug-likeness (QED) is 0.515. The zero-order valence-corrected chi connectivity index (χ0v) is 9.29. The van der Waals surface area contributed by atoms with Crippen LogP contribution in [0.25, 0.3) is 0 Å². The minimum atomic E-state index is 0.602. The van der Waals surface area contributed by atoms with Gasteiger partial charge in [0.2, 0.25) is 0 Å². The van der Waals surface area contributed by atoms with E-state index in [0.717, 1.165) is 11.7 Å². The van der Waals surface area contributed by atoms with E-state index in [-0.39, 0.29) is 0 Å². The third kappa shape index (κ3) is 4.90. The van der Waals surface area contributed by atoms with Crippen LogP contribution in [0.1, 0.15) is 20.3 Å². The number of rotatable bonds is 5. The topological polar surface area (TPSA) is 9.23 Å². The van der Waals surface area contributed by atoms with Crippen LogP contribution in [0.2, 0.25) is 0 Å². The molecular formula is C11H17OP. The SMILES string of the molecule is CC(C)CCPOc1ccccc1. The summed E-state index contributed by atoms with van der Waals surface area (Å²) >= 11 is 0. The lowest BCUT2D eigenvalue weighted by atomic mass is 10.2. The predicted octanol–water partition coefficient (Wildman–Crippen LogP) is 3.71. The van der Waals surface area contributed by atoms with Gasteiger partial charge in [-0.3, -0.25) is 0 Å². The summed E-state index contributed by atoms with van der Waals surface area (Å²) in [5.74, 6) is 1.77. The maximum Gasteiger partial charge on any atom is 0.122 e. The molecule has 0 aliphatic heterocycles. The van der Waals surface area contributed by atoms with E-state index in [4.69, 9.17) is 4.52 Å². The van der Waals surface area contributed by atoms with Gasteiger partial charge in [0.15, 0.2) is 0 Å². The minimum absolute atomic E-state index is 0.602. The van der Waals surface area contributed by atoms with Gasteiger partial charge in [-0.15, -0.1) is 0 Å². The first-order valence-corrected chi connectivity index (χ1v) is 5.85. The highest BCUT2D eigenvalue weighted by Crippen LogP contribution is 2.21. The highest BCUT2D eigenvalue weighted by atomic mass is 31.1. The van der Waals surface area contributed by atoms with E-state index < -0.39 is 0 Å². The first kappa shape index (κ1) is 10.5. The lowest BCUT2D eigenvalue weighted by Crippen LogP contribution is -1.89. The second-order valence-corrected chi connectivity index (χ2v) is 4.48. The zero-order chi connectivity index (χ0) is 9.52. The molecule has 1 atom stereocenters. The lowest BCUT2D eigenvalue weighted by Gasteiger charge is -2.06. The predicted molar refractivity (Wildman–Crippen MR) is 59.7 cm³/mol. The van der Waals surface area contributed by atoms with Crippen LogP contribution in [-0.4, -0.2) is 6.16 Å². The third-order valence-electron chi connectivity index (χ3n) is 1.76. The number of benzene rings is 1. The molecule has 0 saturated carbocycles. The van der Waals surface area contributed by atoms with Crippen LogP contribution >= 0.6 is 8.81 Å². The molecule has 0 bridgehead atoms. The largest absolute Gasteiger partial charge is 0.477 e. The molecule has 0 N–H and O–H groups in total. The molecule has 0 aliphatic rings. The second kappa shape index (κ2) is 5.99. The van der Waals surface area contributed by atoms with Crippen LogP contribution in [-0.2, 0) is 0 Å². The Morgan fingerprint density at radius 2 is 1.92 bits per heavy atom.